The van der Waals surface area contributed by atoms with E-state index < -0.39 is 0 Å². The number of nitrogens with one attached hydrogen (secondary N) is 1. The normalized spacial score (nSPS) is 12.1. The second-order valence-corrected chi connectivity index (χ2v) is 12.3. The van der Waals surface area contributed by atoms with E-state index in [1.807, 2.05) is 35.7 Å². The van der Waals surface area contributed by atoms with E-state index in [0.717, 1.165) is 12.8 Å². The van der Waals surface area contributed by atoms with E-state index in [0.29, 0.717) is 5.57 Å². The second kappa shape index (κ2) is 10.4. The Bertz CT molecular complexity index is 745. The molecule has 0 atom stereocenters. The molecule has 0 heterocycles. The lowest BCUT2D eigenvalue weighted by molar-refractivity contribution is -0.118. The number of hydrogen-bond donors (Lipinski definition) is 1. The predicted molar refractivity (Wildman–Crippen MR) is 129 cm³/mol. The number of carbonyl (C=O) groups excluding carboxylic acids is 1. The predicted octanol–water partition coefficient (Wildman–Crippen LogP) is 6.97. The Kier molecular flexibility index (Phi) is 8.47. The van der Waals surface area contributed by atoms with Crippen molar-refractivity contribution in [2.45, 2.75) is 72.8 Å². The smallest absolute Gasteiger partial charge is 0.246 e. The molecule has 2 nitrogen and oxygen atoms in total. The van der Waals surface area contributed by atoms with Crippen LogP contribution in [0.15, 0.2) is 82.6 Å². The van der Waals surface area contributed by atoms with E-state index in [-0.39, 0.29) is 21.4 Å². The molecule has 0 bridgehead atoms. The van der Waals surface area contributed by atoms with Gasteiger partial charge < -0.3 is 5.32 Å². The van der Waals surface area contributed by atoms with Gasteiger partial charge in [-0.25, -0.2) is 0 Å². The fraction of sp³-hybridized carbons (Fsp3) is 0.400. The molecule has 0 aliphatic rings. The third-order valence-electron chi connectivity index (χ3n) is 4.47. The van der Waals surface area contributed by atoms with E-state index >= 15 is 0 Å². The van der Waals surface area contributed by atoms with Crippen molar-refractivity contribution in [1.29, 1.82) is 0 Å². The minimum atomic E-state index is -0.0592. The number of thioether (sulfide) groups is 2. The molecule has 1 N–H and O–H groups in total. The Labute approximate surface area is 185 Å². The van der Waals surface area contributed by atoms with Gasteiger partial charge in [0.1, 0.15) is 0 Å². The lowest BCUT2D eigenvalue weighted by atomic mass is 9.94. The maximum Gasteiger partial charge on any atom is 0.246 e. The van der Waals surface area contributed by atoms with Crippen molar-refractivity contribution in [3.8, 4) is 0 Å². The largest absolute Gasteiger partial charge is 0.350 e. The molecule has 0 aliphatic carbocycles. The Balaban J connectivity index is 2.12. The highest BCUT2D eigenvalue weighted by Gasteiger charge is 2.31. The molecule has 0 saturated heterocycles. The van der Waals surface area contributed by atoms with Crippen LogP contribution in [0.3, 0.4) is 0 Å². The molecule has 156 valence electrons. The van der Waals surface area contributed by atoms with E-state index in [4.69, 9.17) is 0 Å². The summed E-state index contributed by atoms with van der Waals surface area (Å²) in [4.78, 5) is 14.9. The molecule has 2 rings (SSSR count). The quantitative estimate of drug-likeness (QED) is 0.328. The molecule has 0 aliphatic heterocycles. The average molecular weight is 428 g/mol. The van der Waals surface area contributed by atoms with Crippen molar-refractivity contribution in [3.63, 3.8) is 0 Å². The second-order valence-electron chi connectivity index (χ2n) is 8.71. The van der Waals surface area contributed by atoms with Gasteiger partial charge in [0, 0.05) is 30.9 Å². The van der Waals surface area contributed by atoms with Gasteiger partial charge in [-0.3, -0.25) is 4.79 Å². The van der Waals surface area contributed by atoms with Gasteiger partial charge in [0.15, 0.2) is 0 Å². The summed E-state index contributed by atoms with van der Waals surface area (Å²) >= 11 is 3.72. The molecule has 0 aromatic heterocycles. The first kappa shape index (κ1) is 23.6. The number of benzene rings is 2. The van der Waals surface area contributed by atoms with Crippen molar-refractivity contribution in [3.05, 3.63) is 72.8 Å². The van der Waals surface area contributed by atoms with Gasteiger partial charge in [0.2, 0.25) is 5.91 Å². The zero-order valence-corrected chi connectivity index (χ0v) is 19.8. The zero-order valence-electron chi connectivity index (χ0n) is 18.2. The fourth-order valence-electron chi connectivity index (χ4n) is 3.37. The van der Waals surface area contributed by atoms with Gasteiger partial charge in [-0.2, -0.15) is 0 Å². The zero-order chi connectivity index (χ0) is 21.5. The third kappa shape index (κ3) is 8.71. The van der Waals surface area contributed by atoms with Gasteiger partial charge in [0.05, 0.1) is 0 Å². The van der Waals surface area contributed by atoms with Crippen LogP contribution in [0.5, 0.6) is 0 Å². The molecule has 2 aromatic rings. The van der Waals surface area contributed by atoms with Gasteiger partial charge in [-0.15, -0.1) is 23.5 Å². The Morgan fingerprint density at radius 1 is 0.862 bits per heavy atom. The third-order valence-corrected chi connectivity index (χ3v) is 6.93. The maximum absolute atomic E-state index is 12.4. The summed E-state index contributed by atoms with van der Waals surface area (Å²) in [5.74, 6) is -0.0592. The first-order valence-corrected chi connectivity index (χ1v) is 11.6. The van der Waals surface area contributed by atoms with E-state index in [1.165, 1.54) is 9.79 Å². The molecule has 2 aromatic carbocycles. The van der Waals surface area contributed by atoms with Crippen LogP contribution >= 0.6 is 23.5 Å². The van der Waals surface area contributed by atoms with Crippen molar-refractivity contribution >= 4 is 29.4 Å². The SMILES string of the molecule is C=C(C)C(=O)NC(CC(C)(C)Sc1ccccc1)CC(C)(C)Sc1ccccc1. The van der Waals surface area contributed by atoms with Gasteiger partial charge >= 0.3 is 0 Å². The van der Waals surface area contributed by atoms with Crippen LogP contribution in [-0.2, 0) is 4.79 Å². The summed E-state index contributed by atoms with van der Waals surface area (Å²) in [5, 5.41) is 3.24. The molecule has 29 heavy (non-hydrogen) atoms. The summed E-state index contributed by atoms with van der Waals surface area (Å²) in [6.45, 7) is 14.6. The number of carbonyl (C=O) groups is 1. The van der Waals surface area contributed by atoms with Crippen molar-refractivity contribution < 1.29 is 4.79 Å². The van der Waals surface area contributed by atoms with Crippen LogP contribution in [-0.4, -0.2) is 21.4 Å². The van der Waals surface area contributed by atoms with Gasteiger partial charge in [-0.1, -0.05) is 70.7 Å². The van der Waals surface area contributed by atoms with E-state index in [2.05, 4.69) is 88.1 Å². The van der Waals surface area contributed by atoms with Gasteiger partial charge in [0.25, 0.3) is 0 Å². The molecule has 0 spiro atoms. The number of hydrogen-bond acceptors (Lipinski definition) is 3. The molecule has 0 radical (unpaired) electrons. The lowest BCUT2D eigenvalue weighted by Gasteiger charge is -2.35. The van der Waals surface area contributed by atoms with E-state index in [1.54, 1.807) is 6.92 Å². The summed E-state index contributed by atoms with van der Waals surface area (Å²) in [6.07, 6.45) is 1.76. The van der Waals surface area contributed by atoms with Crippen molar-refractivity contribution in [2.75, 3.05) is 0 Å². The highest BCUT2D eigenvalue weighted by molar-refractivity contribution is 8.01. The van der Waals surface area contributed by atoms with Gasteiger partial charge in [-0.05, 0) is 44.0 Å². The molecule has 0 unspecified atom stereocenters. The number of rotatable bonds is 10. The highest BCUT2D eigenvalue weighted by atomic mass is 32.2. The molecular weight excluding hydrogens is 394 g/mol. The first-order valence-electron chi connectivity index (χ1n) is 10.0. The summed E-state index contributed by atoms with van der Waals surface area (Å²) in [6, 6.07) is 21.0. The molecule has 0 saturated carbocycles. The molecular formula is C25H33NOS2. The average Bonchev–Trinajstić information content (AvgIpc) is 2.61. The summed E-state index contributed by atoms with van der Waals surface area (Å²) < 4.78 is -0.0241. The molecule has 0 fully saturated rings. The molecule has 1 amide bonds. The fourth-order valence-corrected chi connectivity index (χ4v) is 5.80. The Morgan fingerprint density at radius 3 is 1.59 bits per heavy atom. The summed E-state index contributed by atoms with van der Waals surface area (Å²) in [7, 11) is 0. The Morgan fingerprint density at radius 2 is 1.24 bits per heavy atom. The van der Waals surface area contributed by atoms with Crippen molar-refractivity contribution in [1.82, 2.24) is 5.32 Å². The minimum Gasteiger partial charge on any atom is -0.350 e. The minimum absolute atomic E-state index is 0.0120. The Hall–Kier alpha value is -1.65. The topological polar surface area (TPSA) is 29.1 Å². The lowest BCUT2D eigenvalue weighted by Crippen LogP contribution is -2.42. The monoisotopic (exact) mass is 427 g/mol. The summed E-state index contributed by atoms with van der Waals surface area (Å²) in [5.41, 5.74) is 0.553. The van der Waals surface area contributed by atoms with Crippen LogP contribution in [0.2, 0.25) is 0 Å². The number of amides is 1. The first-order chi connectivity index (χ1) is 13.6. The van der Waals surface area contributed by atoms with Crippen LogP contribution in [0.1, 0.15) is 47.5 Å². The van der Waals surface area contributed by atoms with Crippen LogP contribution in [0.4, 0.5) is 0 Å². The van der Waals surface area contributed by atoms with Crippen molar-refractivity contribution in [2.24, 2.45) is 0 Å². The van der Waals surface area contributed by atoms with E-state index in [9.17, 15) is 4.79 Å². The maximum atomic E-state index is 12.4. The standard InChI is InChI=1S/C25H33NOS2/c1-19(2)23(27)26-20(17-24(3,4)28-21-13-9-7-10-14-21)18-25(5,6)29-22-15-11-8-12-16-22/h7-16,20H,1,17-18H2,2-6H3,(H,26,27). The van der Waals surface area contributed by atoms with Crippen LogP contribution in [0, 0.1) is 0 Å². The van der Waals surface area contributed by atoms with Crippen LogP contribution in [0.25, 0.3) is 0 Å². The highest BCUT2D eigenvalue weighted by Crippen LogP contribution is 2.40. The van der Waals surface area contributed by atoms with Crippen LogP contribution < -0.4 is 5.32 Å². The molecule has 4 heteroatoms.